The van der Waals surface area contributed by atoms with Crippen molar-refractivity contribution >= 4 is 27.6 Å². The summed E-state index contributed by atoms with van der Waals surface area (Å²) in [6.45, 7) is 6.29. The second-order valence-electron chi connectivity index (χ2n) is 14.3. The molecule has 3 aromatic heterocycles. The predicted molar refractivity (Wildman–Crippen MR) is 174 cm³/mol. The van der Waals surface area contributed by atoms with Crippen molar-refractivity contribution in [1.29, 1.82) is 0 Å². The number of aromatic nitrogens is 4. The zero-order valence-electron chi connectivity index (χ0n) is 26.7. The Morgan fingerprint density at radius 2 is 1.85 bits per heavy atom. The Kier molecular flexibility index (Phi) is 7.45. The zero-order chi connectivity index (χ0) is 32.3. The van der Waals surface area contributed by atoms with E-state index in [0.717, 1.165) is 44.4 Å². The number of carbonyl (C=O) groups is 1. The summed E-state index contributed by atoms with van der Waals surface area (Å²) >= 11 is 0. The number of aromatic hydroxyl groups is 1. The Balaban J connectivity index is 1.04. The van der Waals surface area contributed by atoms with Gasteiger partial charge in [0.1, 0.15) is 17.4 Å². The number of amides is 1. The molecular weight excluding hydrogens is 606 g/mol. The molecule has 1 aliphatic heterocycles. The minimum absolute atomic E-state index is 0.128. The largest absolute Gasteiger partial charge is 0.506 e. The van der Waals surface area contributed by atoms with Gasteiger partial charge in [-0.25, -0.2) is 27.8 Å². The van der Waals surface area contributed by atoms with Crippen molar-refractivity contribution in [1.82, 2.24) is 24.5 Å². The maximum atomic E-state index is 13.2. The van der Waals surface area contributed by atoms with Crippen LogP contribution in [-0.4, -0.2) is 70.7 Å². The average molecular weight is 650 g/mol. The quantitative estimate of drug-likeness (QED) is 0.226. The van der Waals surface area contributed by atoms with Crippen LogP contribution in [0.25, 0.3) is 5.82 Å². The third-order valence-corrected chi connectivity index (χ3v) is 11.3. The molecule has 4 fully saturated rings. The van der Waals surface area contributed by atoms with Crippen LogP contribution in [0.4, 0.5) is 11.6 Å². The summed E-state index contributed by atoms with van der Waals surface area (Å²) in [4.78, 5) is 24.4. The first-order chi connectivity index (χ1) is 21.9. The topological polar surface area (TPSA) is 152 Å². The number of fused-ring (bicyclic) bond motifs is 1. The van der Waals surface area contributed by atoms with E-state index in [4.69, 9.17) is 9.72 Å². The van der Waals surface area contributed by atoms with Gasteiger partial charge in [0.05, 0.1) is 24.6 Å². The van der Waals surface area contributed by atoms with Crippen molar-refractivity contribution in [3.63, 3.8) is 0 Å². The molecule has 7 rings (SSSR count). The monoisotopic (exact) mass is 649 g/mol. The van der Waals surface area contributed by atoms with Crippen LogP contribution in [-0.2, 0) is 10.0 Å². The number of anilines is 2. The molecule has 46 heavy (non-hydrogen) atoms. The minimum Gasteiger partial charge on any atom is -0.506 e. The highest BCUT2D eigenvalue weighted by Crippen LogP contribution is 2.93. The van der Waals surface area contributed by atoms with Gasteiger partial charge < -0.3 is 20.1 Å². The van der Waals surface area contributed by atoms with E-state index in [-0.39, 0.29) is 16.9 Å². The zero-order valence-corrected chi connectivity index (χ0v) is 27.5. The van der Waals surface area contributed by atoms with Crippen molar-refractivity contribution in [3.05, 3.63) is 48.3 Å². The molecule has 12 nitrogen and oxygen atoms in total. The molecule has 1 amide bonds. The van der Waals surface area contributed by atoms with Crippen LogP contribution in [0.2, 0.25) is 0 Å². The molecule has 3 aliphatic carbocycles. The van der Waals surface area contributed by atoms with E-state index < -0.39 is 15.9 Å². The van der Waals surface area contributed by atoms with E-state index in [1.165, 1.54) is 31.9 Å². The van der Waals surface area contributed by atoms with Crippen LogP contribution in [0.15, 0.2) is 42.7 Å². The van der Waals surface area contributed by atoms with Crippen molar-refractivity contribution in [3.8, 4) is 17.4 Å². The number of rotatable bonds is 13. The highest BCUT2D eigenvalue weighted by Gasteiger charge is 2.85. The summed E-state index contributed by atoms with van der Waals surface area (Å²) in [6.07, 6.45) is 13.6. The number of ether oxygens (including phenoxy) is 1. The van der Waals surface area contributed by atoms with Gasteiger partial charge in [0.15, 0.2) is 5.82 Å². The van der Waals surface area contributed by atoms with Gasteiger partial charge in [0, 0.05) is 30.9 Å². The number of carbonyl (C=O) groups excluding carboxylic acids is 1. The molecule has 4 aliphatic rings. The number of sulfonamides is 1. The van der Waals surface area contributed by atoms with Gasteiger partial charge in [-0.3, -0.25) is 4.79 Å². The maximum Gasteiger partial charge on any atom is 0.268 e. The molecule has 3 N–H and O–H groups in total. The minimum atomic E-state index is -3.77. The van der Waals surface area contributed by atoms with Gasteiger partial charge in [0.25, 0.3) is 5.91 Å². The van der Waals surface area contributed by atoms with Crippen molar-refractivity contribution in [2.45, 2.75) is 70.8 Å². The second kappa shape index (κ2) is 11.1. The van der Waals surface area contributed by atoms with E-state index in [1.807, 2.05) is 6.07 Å². The first kappa shape index (κ1) is 30.8. The fourth-order valence-electron chi connectivity index (χ4n) is 8.37. The van der Waals surface area contributed by atoms with Gasteiger partial charge in [-0.05, 0) is 112 Å². The Morgan fingerprint density at radius 3 is 2.52 bits per heavy atom. The van der Waals surface area contributed by atoms with Crippen molar-refractivity contribution in [2.24, 2.45) is 22.7 Å². The summed E-state index contributed by atoms with van der Waals surface area (Å²) < 4.78 is 33.8. The van der Waals surface area contributed by atoms with Crippen molar-refractivity contribution < 1.29 is 23.1 Å². The first-order valence-corrected chi connectivity index (χ1v) is 18.2. The van der Waals surface area contributed by atoms with Gasteiger partial charge >= 0.3 is 0 Å². The van der Waals surface area contributed by atoms with Crippen LogP contribution >= 0.6 is 0 Å². The molecule has 0 aromatic carbocycles. The summed E-state index contributed by atoms with van der Waals surface area (Å²) in [6, 6.07) is 8.47. The Hall–Kier alpha value is -3.87. The smallest absolute Gasteiger partial charge is 0.268 e. The molecule has 4 heterocycles. The number of nitrogens with one attached hydrogen (secondary N) is 2. The highest BCUT2D eigenvalue weighted by molar-refractivity contribution is 7.89. The molecule has 246 valence electrons. The van der Waals surface area contributed by atoms with E-state index >= 15 is 0 Å². The van der Waals surface area contributed by atoms with Gasteiger partial charge in [0.2, 0.25) is 15.9 Å². The van der Waals surface area contributed by atoms with E-state index in [0.29, 0.717) is 53.2 Å². The molecule has 1 atom stereocenters. The normalized spacial score (nSPS) is 21.8. The van der Waals surface area contributed by atoms with Crippen LogP contribution in [0, 0.1) is 22.7 Å². The van der Waals surface area contributed by atoms with E-state index in [2.05, 4.69) is 38.9 Å². The fourth-order valence-corrected chi connectivity index (χ4v) is 8.82. The average Bonchev–Trinajstić information content (AvgIpc) is 3.95. The first-order valence-electron chi connectivity index (χ1n) is 16.3. The lowest BCUT2D eigenvalue weighted by Gasteiger charge is -2.33. The van der Waals surface area contributed by atoms with Gasteiger partial charge in [-0.15, -0.1) is 5.10 Å². The fraction of sp³-hybridized carbons (Fsp3) is 0.576. The second-order valence-corrected chi connectivity index (χ2v) is 16.1. The third-order valence-electron chi connectivity index (χ3n) is 10.7. The lowest BCUT2D eigenvalue weighted by molar-refractivity contribution is 0.0981. The molecule has 0 unspecified atom stereocenters. The van der Waals surface area contributed by atoms with Crippen molar-refractivity contribution in [2.75, 3.05) is 36.2 Å². The molecule has 2 spiro atoms. The molecule has 1 saturated heterocycles. The van der Waals surface area contributed by atoms with E-state index in [9.17, 15) is 18.3 Å². The van der Waals surface area contributed by atoms with E-state index in [1.54, 1.807) is 35.1 Å². The summed E-state index contributed by atoms with van der Waals surface area (Å²) in [5.41, 5.74) is 1.18. The summed E-state index contributed by atoms with van der Waals surface area (Å²) in [5.74, 6) is 2.75. The lowest BCUT2D eigenvalue weighted by atomic mass is 9.93. The highest BCUT2D eigenvalue weighted by atomic mass is 32.2. The maximum absolute atomic E-state index is 13.2. The lowest BCUT2D eigenvalue weighted by Crippen LogP contribution is -2.41. The van der Waals surface area contributed by atoms with Gasteiger partial charge in [-0.1, -0.05) is 0 Å². The molecule has 0 radical (unpaired) electrons. The molecule has 0 bridgehead atoms. The molecule has 13 heteroatoms. The third kappa shape index (κ3) is 5.89. The van der Waals surface area contributed by atoms with Gasteiger partial charge in [-0.2, -0.15) is 0 Å². The van der Waals surface area contributed by atoms with Crippen LogP contribution in [0.3, 0.4) is 0 Å². The number of hydrogen-bond donors (Lipinski definition) is 3. The Bertz CT molecular complexity index is 1710. The molecule has 3 aromatic rings. The van der Waals surface area contributed by atoms with Crippen LogP contribution in [0.5, 0.6) is 11.6 Å². The van der Waals surface area contributed by atoms with Crippen LogP contribution < -0.4 is 19.7 Å². The Labute approximate surface area is 270 Å². The molecular formula is C33H43N7O5S. The summed E-state index contributed by atoms with van der Waals surface area (Å²) in [5, 5.41) is 17.4. The Morgan fingerprint density at radius 1 is 1.09 bits per heavy atom. The predicted octanol–water partition coefficient (Wildman–Crippen LogP) is 4.51. The summed E-state index contributed by atoms with van der Waals surface area (Å²) in [7, 11) is -3.77. The SMILES string of the molecule is CC1(C)C[C@H](CCCNc2ccc(O)cn2)CN1c1nc(-n2ccc(OCCC3C4(CC4)C34CC4)n2)ccc1C(=O)NS(C)(=O)=O. The molecule has 3 saturated carbocycles. The number of hydrogen-bond acceptors (Lipinski definition) is 10. The number of nitrogens with zero attached hydrogens (tertiary/aromatic N) is 5. The standard InChI is InChI=1S/C33H43N7O5S/c1-31(2)19-22(5-4-16-34-26-8-6-23(41)20-35-26)21-39(31)29-24(30(42)38-46(3,43)44)7-9-27(36-29)40-17-10-28(37-40)45-18-11-25-32(12-13-32)33(25)14-15-33/h6-10,17,20,22,25,41H,4-5,11-16,18-19,21H2,1-3H3,(H,34,35)(H,38,42)/t22-/m0/s1. The number of pyridine rings is 2. The van der Waals surface area contributed by atoms with Crippen LogP contribution in [0.1, 0.15) is 75.6 Å².